The zero-order chi connectivity index (χ0) is 17.7. The predicted octanol–water partition coefficient (Wildman–Crippen LogP) is 4.78. The molecule has 0 radical (unpaired) electrons. The van der Waals surface area contributed by atoms with Gasteiger partial charge in [0.15, 0.2) is 0 Å². The Bertz CT molecular complexity index is 750. The number of carbonyl (C=O) groups excluding carboxylic acids is 2. The Morgan fingerprint density at radius 1 is 1.08 bits per heavy atom. The first kappa shape index (κ1) is 18.2. The van der Waals surface area contributed by atoms with E-state index in [-0.39, 0.29) is 11.8 Å². The molecule has 0 saturated carbocycles. The third-order valence-corrected chi connectivity index (χ3v) is 4.95. The largest absolute Gasteiger partial charge is 0.325 e. The Balaban J connectivity index is 2.26. The normalized spacial score (nSPS) is 10.5. The van der Waals surface area contributed by atoms with E-state index in [1.165, 1.54) is 17.4 Å². The second-order valence-electron chi connectivity index (χ2n) is 5.85. The minimum atomic E-state index is -0.163. The van der Waals surface area contributed by atoms with Gasteiger partial charge in [-0.25, -0.2) is 0 Å². The van der Waals surface area contributed by atoms with Gasteiger partial charge < -0.3 is 10.6 Å². The number of aryl methyl sites for hydroxylation is 3. The Morgan fingerprint density at radius 3 is 2.46 bits per heavy atom. The van der Waals surface area contributed by atoms with Gasteiger partial charge in [-0.2, -0.15) is 0 Å². The fourth-order valence-electron chi connectivity index (χ4n) is 2.56. The topological polar surface area (TPSA) is 58.2 Å². The molecular formula is C19H24N2O2S. The quantitative estimate of drug-likeness (QED) is 0.792. The third kappa shape index (κ3) is 4.45. The summed E-state index contributed by atoms with van der Waals surface area (Å²) >= 11 is 1.56. The average molecular weight is 344 g/mol. The van der Waals surface area contributed by atoms with Crippen LogP contribution in [0.4, 0.5) is 11.4 Å². The number of carbonyl (C=O) groups is 2. The van der Waals surface area contributed by atoms with E-state index in [1.54, 1.807) is 17.4 Å². The highest BCUT2D eigenvalue weighted by molar-refractivity contribution is 7.14. The molecule has 0 bridgehead atoms. The van der Waals surface area contributed by atoms with E-state index in [0.717, 1.165) is 24.8 Å². The highest BCUT2D eigenvalue weighted by atomic mass is 32.1. The molecule has 4 nitrogen and oxygen atoms in total. The molecule has 0 spiro atoms. The Labute approximate surface area is 147 Å². The molecule has 0 saturated heterocycles. The molecule has 0 fully saturated rings. The van der Waals surface area contributed by atoms with E-state index in [0.29, 0.717) is 16.3 Å². The first-order valence-electron chi connectivity index (χ1n) is 8.25. The van der Waals surface area contributed by atoms with Gasteiger partial charge in [-0.05, 0) is 49.1 Å². The van der Waals surface area contributed by atoms with Gasteiger partial charge in [-0.1, -0.05) is 26.3 Å². The van der Waals surface area contributed by atoms with Gasteiger partial charge in [0.1, 0.15) is 0 Å². The maximum absolute atomic E-state index is 12.6. The van der Waals surface area contributed by atoms with Crippen molar-refractivity contribution in [3.8, 4) is 0 Å². The monoisotopic (exact) mass is 344 g/mol. The summed E-state index contributed by atoms with van der Waals surface area (Å²) in [4.78, 5) is 26.0. The average Bonchev–Trinajstić information content (AvgIpc) is 2.93. The van der Waals surface area contributed by atoms with E-state index < -0.39 is 0 Å². The van der Waals surface area contributed by atoms with E-state index in [9.17, 15) is 9.59 Å². The smallest absolute Gasteiger partial charge is 0.265 e. The SMILES string of the molecule is CCCc1sc(C(=O)Nc2cc(C)ccc2NC(C)=O)cc1CC. The number of thiophene rings is 1. The van der Waals surface area contributed by atoms with Crippen molar-refractivity contribution >= 4 is 34.5 Å². The standard InChI is InChI=1S/C19H24N2O2S/c1-5-7-17-14(6-2)11-18(24-17)19(23)21-16-10-12(3)8-9-15(16)20-13(4)22/h8-11H,5-7H2,1-4H3,(H,20,22)(H,21,23). The number of rotatable bonds is 6. The molecule has 128 valence electrons. The molecule has 2 amide bonds. The Morgan fingerprint density at radius 2 is 1.83 bits per heavy atom. The van der Waals surface area contributed by atoms with Crippen LogP contribution in [-0.2, 0) is 17.6 Å². The van der Waals surface area contributed by atoms with Gasteiger partial charge in [0.25, 0.3) is 5.91 Å². The zero-order valence-corrected chi connectivity index (χ0v) is 15.5. The van der Waals surface area contributed by atoms with E-state index in [2.05, 4.69) is 24.5 Å². The number of nitrogens with one attached hydrogen (secondary N) is 2. The van der Waals surface area contributed by atoms with Crippen LogP contribution < -0.4 is 10.6 Å². The molecular weight excluding hydrogens is 320 g/mol. The molecule has 2 aromatic rings. The van der Waals surface area contributed by atoms with Crippen LogP contribution in [0.1, 0.15) is 52.9 Å². The fourth-order valence-corrected chi connectivity index (χ4v) is 3.81. The van der Waals surface area contributed by atoms with Crippen LogP contribution in [0.25, 0.3) is 0 Å². The number of amides is 2. The second kappa shape index (κ2) is 8.11. The zero-order valence-electron chi connectivity index (χ0n) is 14.7. The molecule has 2 rings (SSSR count). The van der Waals surface area contributed by atoms with E-state index in [4.69, 9.17) is 0 Å². The summed E-state index contributed by atoms with van der Waals surface area (Å²) in [6.07, 6.45) is 3.00. The molecule has 0 aliphatic rings. The highest BCUT2D eigenvalue weighted by Gasteiger charge is 2.15. The number of anilines is 2. The van der Waals surface area contributed by atoms with Crippen LogP contribution in [-0.4, -0.2) is 11.8 Å². The van der Waals surface area contributed by atoms with Crippen molar-refractivity contribution in [3.05, 3.63) is 45.1 Å². The van der Waals surface area contributed by atoms with E-state index in [1.807, 2.05) is 25.1 Å². The summed E-state index contributed by atoms with van der Waals surface area (Å²) in [6, 6.07) is 7.56. The Kier molecular flexibility index (Phi) is 6.15. The van der Waals surface area contributed by atoms with Crippen molar-refractivity contribution in [1.29, 1.82) is 0 Å². The summed E-state index contributed by atoms with van der Waals surface area (Å²) in [7, 11) is 0. The summed E-state index contributed by atoms with van der Waals surface area (Å²) in [5, 5.41) is 5.69. The molecule has 1 aromatic heterocycles. The van der Waals surface area contributed by atoms with Crippen LogP contribution in [0.2, 0.25) is 0 Å². The van der Waals surface area contributed by atoms with Gasteiger partial charge in [0.05, 0.1) is 16.3 Å². The maximum Gasteiger partial charge on any atom is 0.265 e. The third-order valence-electron chi connectivity index (χ3n) is 3.71. The van der Waals surface area contributed by atoms with Crippen molar-refractivity contribution in [2.24, 2.45) is 0 Å². The van der Waals surface area contributed by atoms with Crippen LogP contribution in [0.3, 0.4) is 0 Å². The van der Waals surface area contributed by atoms with Crippen molar-refractivity contribution in [2.45, 2.75) is 47.0 Å². The van der Waals surface area contributed by atoms with Crippen LogP contribution in [0.5, 0.6) is 0 Å². The van der Waals surface area contributed by atoms with Crippen molar-refractivity contribution in [2.75, 3.05) is 10.6 Å². The molecule has 24 heavy (non-hydrogen) atoms. The van der Waals surface area contributed by atoms with Gasteiger partial charge in [0, 0.05) is 11.8 Å². The lowest BCUT2D eigenvalue weighted by molar-refractivity contribution is -0.114. The summed E-state index contributed by atoms with van der Waals surface area (Å²) in [6.45, 7) is 7.66. The molecule has 2 N–H and O–H groups in total. The first-order valence-corrected chi connectivity index (χ1v) is 9.07. The van der Waals surface area contributed by atoms with Crippen LogP contribution >= 0.6 is 11.3 Å². The molecule has 0 unspecified atom stereocenters. The summed E-state index contributed by atoms with van der Waals surface area (Å²) < 4.78 is 0. The summed E-state index contributed by atoms with van der Waals surface area (Å²) in [5.74, 6) is -0.293. The molecule has 0 aliphatic heterocycles. The van der Waals surface area contributed by atoms with Crippen LogP contribution in [0, 0.1) is 6.92 Å². The van der Waals surface area contributed by atoms with E-state index >= 15 is 0 Å². The number of hydrogen-bond acceptors (Lipinski definition) is 3. The second-order valence-corrected chi connectivity index (χ2v) is 6.98. The molecule has 0 aliphatic carbocycles. The molecule has 1 heterocycles. The first-order chi connectivity index (χ1) is 11.4. The minimum absolute atomic E-state index is 0.130. The van der Waals surface area contributed by atoms with Gasteiger partial charge in [-0.3, -0.25) is 9.59 Å². The lowest BCUT2D eigenvalue weighted by atomic mass is 10.1. The summed E-state index contributed by atoms with van der Waals surface area (Å²) in [5.41, 5.74) is 3.51. The predicted molar refractivity (Wildman–Crippen MR) is 101 cm³/mol. The Hall–Kier alpha value is -2.14. The fraction of sp³-hybridized carbons (Fsp3) is 0.368. The van der Waals surface area contributed by atoms with Gasteiger partial charge in [0.2, 0.25) is 5.91 Å². The minimum Gasteiger partial charge on any atom is -0.325 e. The van der Waals surface area contributed by atoms with Gasteiger partial charge in [-0.15, -0.1) is 11.3 Å². The number of benzene rings is 1. The number of hydrogen-bond donors (Lipinski definition) is 2. The van der Waals surface area contributed by atoms with Crippen molar-refractivity contribution in [3.63, 3.8) is 0 Å². The lowest BCUT2D eigenvalue weighted by Crippen LogP contribution is -2.14. The lowest BCUT2D eigenvalue weighted by Gasteiger charge is -2.11. The maximum atomic E-state index is 12.6. The molecule has 1 aromatic carbocycles. The molecule has 5 heteroatoms. The van der Waals surface area contributed by atoms with Gasteiger partial charge >= 0.3 is 0 Å². The van der Waals surface area contributed by atoms with Crippen LogP contribution in [0.15, 0.2) is 24.3 Å². The highest BCUT2D eigenvalue weighted by Crippen LogP contribution is 2.28. The molecule has 0 atom stereocenters. The van der Waals surface area contributed by atoms with Crippen molar-refractivity contribution < 1.29 is 9.59 Å². The van der Waals surface area contributed by atoms with Crippen molar-refractivity contribution in [1.82, 2.24) is 0 Å².